The third kappa shape index (κ3) is 3.04. The number of thiazole rings is 1. The van der Waals surface area contributed by atoms with Crippen LogP contribution < -0.4 is 4.90 Å². The van der Waals surface area contributed by atoms with E-state index in [1.807, 2.05) is 0 Å². The van der Waals surface area contributed by atoms with Gasteiger partial charge < -0.3 is 14.7 Å². The van der Waals surface area contributed by atoms with Crippen LogP contribution in [-0.4, -0.2) is 60.3 Å². The Morgan fingerprint density at radius 3 is 2.86 bits per heavy atom. The summed E-state index contributed by atoms with van der Waals surface area (Å²) >= 11 is 1.27. The molecular weight excluding hydrogens is 290 g/mol. The lowest BCUT2D eigenvalue weighted by Crippen LogP contribution is -2.35. The molecule has 2 aliphatic rings. The van der Waals surface area contributed by atoms with Crippen LogP contribution in [0, 0.1) is 0 Å². The SMILES string of the molecule is COCc1nc(N2CCC(N3CCCC3)C2)sc1C(=O)O. The van der Waals surface area contributed by atoms with E-state index in [2.05, 4.69) is 14.8 Å². The number of rotatable bonds is 5. The van der Waals surface area contributed by atoms with Gasteiger partial charge in [0.25, 0.3) is 0 Å². The minimum absolute atomic E-state index is 0.252. The van der Waals surface area contributed by atoms with Gasteiger partial charge in [-0.2, -0.15) is 0 Å². The van der Waals surface area contributed by atoms with Crippen molar-refractivity contribution in [3.63, 3.8) is 0 Å². The molecule has 1 atom stereocenters. The average molecular weight is 311 g/mol. The minimum Gasteiger partial charge on any atom is -0.477 e. The fourth-order valence-electron chi connectivity index (χ4n) is 3.20. The molecule has 0 saturated carbocycles. The number of likely N-dealkylation sites (tertiary alicyclic amines) is 1. The molecule has 0 aromatic carbocycles. The summed E-state index contributed by atoms with van der Waals surface area (Å²) in [5, 5.41) is 10.1. The van der Waals surface area contributed by atoms with Crippen LogP contribution in [0.4, 0.5) is 5.13 Å². The fraction of sp³-hybridized carbons (Fsp3) is 0.714. The molecule has 1 aromatic heterocycles. The molecule has 1 aromatic rings. The Morgan fingerprint density at radius 1 is 1.43 bits per heavy atom. The van der Waals surface area contributed by atoms with Gasteiger partial charge in [-0.3, -0.25) is 4.90 Å². The highest BCUT2D eigenvalue weighted by molar-refractivity contribution is 7.17. The van der Waals surface area contributed by atoms with Crippen LogP contribution in [0.15, 0.2) is 0 Å². The first kappa shape index (κ1) is 14.7. The van der Waals surface area contributed by atoms with Crippen LogP contribution in [0.1, 0.15) is 34.6 Å². The Kier molecular flexibility index (Phi) is 4.42. The molecule has 1 N–H and O–H groups in total. The molecule has 2 saturated heterocycles. The Morgan fingerprint density at radius 2 is 2.19 bits per heavy atom. The molecule has 21 heavy (non-hydrogen) atoms. The van der Waals surface area contributed by atoms with E-state index in [0.717, 1.165) is 24.6 Å². The van der Waals surface area contributed by atoms with Crippen molar-refractivity contribution in [2.75, 3.05) is 38.2 Å². The zero-order valence-electron chi connectivity index (χ0n) is 12.2. The lowest BCUT2D eigenvalue weighted by molar-refractivity contribution is 0.0697. The summed E-state index contributed by atoms with van der Waals surface area (Å²) < 4.78 is 5.05. The van der Waals surface area contributed by atoms with E-state index in [1.165, 1.54) is 37.3 Å². The molecule has 7 heteroatoms. The van der Waals surface area contributed by atoms with Gasteiger partial charge in [-0.25, -0.2) is 9.78 Å². The molecule has 6 nitrogen and oxygen atoms in total. The number of hydrogen-bond donors (Lipinski definition) is 1. The molecule has 2 fully saturated rings. The molecule has 3 rings (SSSR count). The van der Waals surface area contributed by atoms with E-state index in [-0.39, 0.29) is 6.61 Å². The smallest absolute Gasteiger partial charge is 0.347 e. The highest BCUT2D eigenvalue weighted by Crippen LogP contribution is 2.31. The predicted molar refractivity (Wildman–Crippen MR) is 81.2 cm³/mol. The van der Waals surface area contributed by atoms with Crippen LogP contribution >= 0.6 is 11.3 Å². The number of nitrogens with zero attached hydrogens (tertiary/aromatic N) is 3. The van der Waals surface area contributed by atoms with Crippen LogP contribution in [0.25, 0.3) is 0 Å². The number of carbonyl (C=O) groups is 1. The first-order valence-electron chi connectivity index (χ1n) is 7.40. The molecule has 0 aliphatic carbocycles. The number of ether oxygens (including phenoxy) is 1. The third-order valence-electron chi connectivity index (χ3n) is 4.25. The summed E-state index contributed by atoms with van der Waals surface area (Å²) in [6.45, 7) is 4.57. The molecule has 2 aliphatic heterocycles. The summed E-state index contributed by atoms with van der Waals surface area (Å²) in [7, 11) is 1.56. The Hall–Kier alpha value is -1.18. The molecule has 1 unspecified atom stereocenters. The summed E-state index contributed by atoms with van der Waals surface area (Å²) in [6.07, 6.45) is 3.74. The maximum Gasteiger partial charge on any atom is 0.347 e. The highest BCUT2D eigenvalue weighted by Gasteiger charge is 2.31. The number of aromatic nitrogens is 1. The molecule has 116 valence electrons. The lowest BCUT2D eigenvalue weighted by atomic mass is 10.2. The van der Waals surface area contributed by atoms with Crippen molar-refractivity contribution in [3.8, 4) is 0 Å². The second-order valence-corrected chi connectivity index (χ2v) is 6.62. The average Bonchev–Trinajstić information content (AvgIpc) is 3.18. The summed E-state index contributed by atoms with van der Waals surface area (Å²) in [5.41, 5.74) is 0.537. The van der Waals surface area contributed by atoms with Gasteiger partial charge in [-0.05, 0) is 32.4 Å². The number of methoxy groups -OCH3 is 1. The predicted octanol–water partition coefficient (Wildman–Crippen LogP) is 1.66. The van der Waals surface area contributed by atoms with E-state index in [0.29, 0.717) is 16.6 Å². The van der Waals surface area contributed by atoms with Crippen LogP contribution in [0.2, 0.25) is 0 Å². The quantitative estimate of drug-likeness (QED) is 0.892. The van der Waals surface area contributed by atoms with Crippen LogP contribution in [0.5, 0.6) is 0 Å². The molecule has 3 heterocycles. The Labute approximate surface area is 128 Å². The van der Waals surface area contributed by atoms with Gasteiger partial charge in [0.2, 0.25) is 0 Å². The van der Waals surface area contributed by atoms with Crippen LogP contribution in [0.3, 0.4) is 0 Å². The monoisotopic (exact) mass is 311 g/mol. The van der Waals surface area contributed by atoms with Gasteiger partial charge in [0.1, 0.15) is 4.88 Å². The Bertz CT molecular complexity index is 514. The zero-order valence-corrected chi connectivity index (χ0v) is 13.1. The number of carboxylic acids is 1. The van der Waals surface area contributed by atoms with Gasteiger partial charge in [-0.1, -0.05) is 11.3 Å². The lowest BCUT2D eigenvalue weighted by Gasteiger charge is -2.23. The minimum atomic E-state index is -0.916. The third-order valence-corrected chi connectivity index (χ3v) is 5.40. The zero-order chi connectivity index (χ0) is 14.8. The standard InChI is InChI=1S/C14H21N3O3S/c1-20-9-11-12(13(18)19)21-14(15-11)17-7-4-10(8-17)16-5-2-3-6-16/h10H,2-9H2,1H3,(H,18,19). The van der Waals surface area contributed by atoms with Crippen molar-refractivity contribution in [1.29, 1.82) is 0 Å². The Balaban J connectivity index is 1.72. The second-order valence-electron chi connectivity index (χ2n) is 5.64. The van der Waals surface area contributed by atoms with E-state index >= 15 is 0 Å². The normalized spacial score (nSPS) is 23.1. The van der Waals surface area contributed by atoms with E-state index in [4.69, 9.17) is 4.74 Å². The number of hydrogen-bond acceptors (Lipinski definition) is 6. The van der Waals surface area contributed by atoms with Crippen molar-refractivity contribution in [2.45, 2.75) is 31.9 Å². The molecular formula is C14H21N3O3S. The van der Waals surface area contributed by atoms with Crippen molar-refractivity contribution < 1.29 is 14.6 Å². The van der Waals surface area contributed by atoms with Crippen molar-refractivity contribution >= 4 is 22.4 Å². The van der Waals surface area contributed by atoms with E-state index in [9.17, 15) is 9.90 Å². The van der Waals surface area contributed by atoms with Gasteiger partial charge in [-0.15, -0.1) is 0 Å². The molecule has 0 bridgehead atoms. The molecule has 0 amide bonds. The number of aromatic carboxylic acids is 1. The van der Waals surface area contributed by atoms with Gasteiger partial charge in [0.15, 0.2) is 5.13 Å². The van der Waals surface area contributed by atoms with Crippen LogP contribution in [-0.2, 0) is 11.3 Å². The van der Waals surface area contributed by atoms with Crippen molar-refractivity contribution in [3.05, 3.63) is 10.6 Å². The number of carboxylic acid groups (broad SMARTS) is 1. The first-order valence-corrected chi connectivity index (χ1v) is 8.21. The summed E-state index contributed by atoms with van der Waals surface area (Å²) in [4.78, 5) is 20.9. The van der Waals surface area contributed by atoms with E-state index < -0.39 is 5.97 Å². The fourth-order valence-corrected chi connectivity index (χ4v) is 4.14. The van der Waals surface area contributed by atoms with Gasteiger partial charge in [0, 0.05) is 26.2 Å². The summed E-state index contributed by atoms with van der Waals surface area (Å²) in [5.74, 6) is -0.916. The number of anilines is 1. The first-order chi connectivity index (χ1) is 10.2. The maximum absolute atomic E-state index is 11.3. The molecule has 0 radical (unpaired) electrons. The van der Waals surface area contributed by atoms with Gasteiger partial charge >= 0.3 is 5.97 Å². The van der Waals surface area contributed by atoms with E-state index in [1.54, 1.807) is 7.11 Å². The van der Waals surface area contributed by atoms with Crippen molar-refractivity contribution in [1.82, 2.24) is 9.88 Å². The van der Waals surface area contributed by atoms with Crippen molar-refractivity contribution in [2.24, 2.45) is 0 Å². The largest absolute Gasteiger partial charge is 0.477 e. The van der Waals surface area contributed by atoms with Gasteiger partial charge in [0.05, 0.1) is 12.3 Å². The maximum atomic E-state index is 11.3. The highest BCUT2D eigenvalue weighted by atomic mass is 32.1. The topological polar surface area (TPSA) is 65.9 Å². The second kappa shape index (κ2) is 6.29. The molecule has 0 spiro atoms. The summed E-state index contributed by atoms with van der Waals surface area (Å²) in [6, 6.07) is 0.593.